The Morgan fingerprint density at radius 2 is 1.57 bits per heavy atom. The Bertz CT molecular complexity index is 182. The summed E-state index contributed by atoms with van der Waals surface area (Å²) in [7, 11) is 1.62. The first-order chi connectivity index (χ1) is 6.67. The summed E-state index contributed by atoms with van der Waals surface area (Å²) in [6.45, 7) is 1.78. The van der Waals surface area contributed by atoms with Crippen LogP contribution in [-0.2, 0) is 0 Å². The molecule has 0 heterocycles. The highest BCUT2D eigenvalue weighted by atomic mass is 16.3. The lowest BCUT2D eigenvalue weighted by atomic mass is 9.85. The molecule has 3 nitrogen and oxygen atoms in total. The van der Waals surface area contributed by atoms with Gasteiger partial charge in [-0.15, -0.1) is 0 Å². The fourth-order valence-electron chi connectivity index (χ4n) is 2.29. The Morgan fingerprint density at radius 1 is 1.07 bits per heavy atom. The van der Waals surface area contributed by atoms with Crippen molar-refractivity contribution >= 4 is 0 Å². The van der Waals surface area contributed by atoms with Gasteiger partial charge in [0.05, 0.1) is 0 Å². The van der Waals surface area contributed by atoms with E-state index >= 15 is 0 Å². The third kappa shape index (κ3) is 3.37. The topological polar surface area (TPSA) is 45.0 Å². The Morgan fingerprint density at radius 3 is 2.07 bits per heavy atom. The molecule has 0 aromatic rings. The van der Waals surface area contributed by atoms with Crippen LogP contribution >= 0.6 is 0 Å². The van der Waals surface area contributed by atoms with Crippen molar-refractivity contribution in [3.05, 3.63) is 0 Å². The Balaban J connectivity index is 2.54. The van der Waals surface area contributed by atoms with E-state index in [1.165, 1.54) is 32.1 Å². The van der Waals surface area contributed by atoms with Crippen molar-refractivity contribution in [1.82, 2.24) is 0 Å². The molecule has 82 valence electrons. The zero-order valence-electron chi connectivity index (χ0n) is 9.37. The Kier molecular flexibility index (Phi) is 4.52. The van der Waals surface area contributed by atoms with Gasteiger partial charge in [0.25, 0.3) is 0 Å². The average molecular weight is 198 g/mol. The summed E-state index contributed by atoms with van der Waals surface area (Å²) < 4.78 is 0. The minimum atomic E-state index is -0.938. The summed E-state index contributed by atoms with van der Waals surface area (Å²) in [5, 5.41) is 17.7. The van der Waals surface area contributed by atoms with Crippen LogP contribution in [0.2, 0.25) is 0 Å². The molecule has 0 spiro atoms. The molecule has 0 bridgehead atoms. The van der Waals surface area contributed by atoms with E-state index in [9.17, 15) is 5.11 Å². The molecule has 0 aliphatic heterocycles. The van der Waals surface area contributed by atoms with Gasteiger partial charge in [0.2, 0.25) is 0 Å². The summed E-state index contributed by atoms with van der Waals surface area (Å²) in [6, 6.07) is 0. The third-order valence-corrected chi connectivity index (χ3v) is 3.18. The number of azo groups is 1. The normalized spacial score (nSPS) is 25.6. The lowest BCUT2D eigenvalue weighted by molar-refractivity contribution is -0.0102. The number of hydrogen-bond acceptors (Lipinski definition) is 3. The molecule has 1 fully saturated rings. The molecule has 3 heteroatoms. The molecular weight excluding hydrogens is 176 g/mol. The summed E-state index contributed by atoms with van der Waals surface area (Å²) in [5.41, 5.74) is -0.938. The van der Waals surface area contributed by atoms with Crippen LogP contribution < -0.4 is 0 Å². The van der Waals surface area contributed by atoms with Crippen molar-refractivity contribution in [2.75, 3.05) is 7.05 Å². The van der Waals surface area contributed by atoms with E-state index in [2.05, 4.69) is 10.2 Å². The van der Waals surface area contributed by atoms with Crippen LogP contribution in [0.25, 0.3) is 0 Å². The summed E-state index contributed by atoms with van der Waals surface area (Å²) in [4.78, 5) is 0. The van der Waals surface area contributed by atoms with Gasteiger partial charge in [0.15, 0.2) is 5.72 Å². The molecule has 1 saturated carbocycles. The largest absolute Gasteiger partial charge is 0.368 e. The molecule has 1 aliphatic rings. The number of nitrogens with zero attached hydrogens (tertiary/aromatic N) is 2. The van der Waals surface area contributed by atoms with Gasteiger partial charge in [-0.2, -0.15) is 10.2 Å². The van der Waals surface area contributed by atoms with Gasteiger partial charge >= 0.3 is 0 Å². The van der Waals surface area contributed by atoms with E-state index in [0.29, 0.717) is 5.92 Å². The van der Waals surface area contributed by atoms with Crippen molar-refractivity contribution in [3.63, 3.8) is 0 Å². The quantitative estimate of drug-likeness (QED) is 0.681. The third-order valence-electron chi connectivity index (χ3n) is 3.18. The average Bonchev–Trinajstić information content (AvgIpc) is 2.01. The van der Waals surface area contributed by atoms with Gasteiger partial charge in [0, 0.05) is 13.0 Å². The van der Waals surface area contributed by atoms with Crippen LogP contribution in [0.15, 0.2) is 10.2 Å². The highest BCUT2D eigenvalue weighted by Crippen LogP contribution is 2.31. The molecule has 0 amide bonds. The SMILES string of the molecule is C/N=N/C(C)(O)C1CCCCCCC1. The predicted octanol–water partition coefficient (Wildman–Crippen LogP) is 3.14. The molecule has 1 atom stereocenters. The molecule has 1 unspecified atom stereocenters. The molecule has 1 N–H and O–H groups in total. The molecule has 14 heavy (non-hydrogen) atoms. The fraction of sp³-hybridized carbons (Fsp3) is 1.00. The summed E-state index contributed by atoms with van der Waals surface area (Å²) in [5.74, 6) is 0.298. The van der Waals surface area contributed by atoms with E-state index in [1.807, 2.05) is 0 Å². The van der Waals surface area contributed by atoms with Crippen molar-refractivity contribution < 1.29 is 5.11 Å². The van der Waals surface area contributed by atoms with Crippen LogP contribution in [-0.4, -0.2) is 17.9 Å². The summed E-state index contributed by atoms with van der Waals surface area (Å²) in [6.07, 6.45) is 8.58. The maximum atomic E-state index is 10.1. The van der Waals surface area contributed by atoms with E-state index < -0.39 is 5.72 Å². The van der Waals surface area contributed by atoms with Crippen LogP contribution in [0.4, 0.5) is 0 Å². The van der Waals surface area contributed by atoms with E-state index in [4.69, 9.17) is 0 Å². The second kappa shape index (κ2) is 5.44. The first-order valence-corrected chi connectivity index (χ1v) is 5.70. The van der Waals surface area contributed by atoms with Crippen molar-refractivity contribution in [3.8, 4) is 0 Å². The second-order valence-electron chi connectivity index (χ2n) is 4.44. The molecule has 0 saturated heterocycles. The standard InChI is InChI=1S/C11H22N2O/c1-11(14,13-12-2)10-8-6-4-3-5-7-9-10/h10,14H,3-9H2,1-2H3/b13-12+. The van der Waals surface area contributed by atoms with Gasteiger partial charge in [-0.1, -0.05) is 32.1 Å². The molecular formula is C11H22N2O. The van der Waals surface area contributed by atoms with Gasteiger partial charge in [-0.05, 0) is 19.8 Å². The van der Waals surface area contributed by atoms with E-state index in [-0.39, 0.29) is 0 Å². The smallest absolute Gasteiger partial charge is 0.176 e. The molecule has 1 aliphatic carbocycles. The van der Waals surface area contributed by atoms with Crippen LogP contribution in [0.3, 0.4) is 0 Å². The van der Waals surface area contributed by atoms with Crippen LogP contribution in [0, 0.1) is 5.92 Å². The van der Waals surface area contributed by atoms with E-state index in [1.54, 1.807) is 14.0 Å². The van der Waals surface area contributed by atoms with Gasteiger partial charge in [-0.3, -0.25) is 0 Å². The number of rotatable bonds is 2. The Hall–Kier alpha value is -0.440. The van der Waals surface area contributed by atoms with Gasteiger partial charge in [-0.25, -0.2) is 0 Å². The predicted molar refractivity (Wildman–Crippen MR) is 57.2 cm³/mol. The zero-order chi connectivity index (χ0) is 10.4. The highest BCUT2D eigenvalue weighted by molar-refractivity contribution is 4.79. The first-order valence-electron chi connectivity index (χ1n) is 5.70. The molecule has 1 rings (SSSR count). The van der Waals surface area contributed by atoms with E-state index in [0.717, 1.165) is 12.8 Å². The monoisotopic (exact) mass is 198 g/mol. The zero-order valence-corrected chi connectivity index (χ0v) is 9.37. The maximum Gasteiger partial charge on any atom is 0.176 e. The number of aliphatic hydroxyl groups is 1. The lowest BCUT2D eigenvalue weighted by Gasteiger charge is -2.29. The fourth-order valence-corrected chi connectivity index (χ4v) is 2.29. The van der Waals surface area contributed by atoms with Crippen molar-refractivity contribution in [2.24, 2.45) is 16.1 Å². The van der Waals surface area contributed by atoms with Crippen molar-refractivity contribution in [1.29, 1.82) is 0 Å². The van der Waals surface area contributed by atoms with Gasteiger partial charge in [0.1, 0.15) is 0 Å². The van der Waals surface area contributed by atoms with Crippen LogP contribution in [0.5, 0.6) is 0 Å². The molecule has 0 aromatic heterocycles. The minimum absolute atomic E-state index is 0.298. The molecule has 0 radical (unpaired) electrons. The number of hydrogen-bond donors (Lipinski definition) is 1. The lowest BCUT2D eigenvalue weighted by Crippen LogP contribution is -2.32. The second-order valence-corrected chi connectivity index (χ2v) is 4.44. The van der Waals surface area contributed by atoms with Gasteiger partial charge < -0.3 is 5.11 Å². The first kappa shape index (κ1) is 11.6. The Labute approximate surface area is 86.6 Å². The van der Waals surface area contributed by atoms with Crippen molar-refractivity contribution in [2.45, 2.75) is 57.6 Å². The minimum Gasteiger partial charge on any atom is -0.368 e. The maximum absolute atomic E-state index is 10.1. The molecule has 0 aromatic carbocycles. The summed E-state index contributed by atoms with van der Waals surface area (Å²) >= 11 is 0. The highest BCUT2D eigenvalue weighted by Gasteiger charge is 2.31. The van der Waals surface area contributed by atoms with Crippen LogP contribution in [0.1, 0.15) is 51.9 Å².